The van der Waals surface area contributed by atoms with Gasteiger partial charge in [-0.1, -0.05) is 27.7 Å². The molecule has 13 heavy (non-hydrogen) atoms. The molecule has 0 bridgehead atoms. The molecule has 2 heteroatoms. The van der Waals surface area contributed by atoms with Crippen molar-refractivity contribution in [3.05, 3.63) is 29.6 Å². The third-order valence-electron chi connectivity index (χ3n) is 1.18. The van der Waals surface area contributed by atoms with Crippen molar-refractivity contribution in [3.63, 3.8) is 0 Å². The van der Waals surface area contributed by atoms with Crippen LogP contribution >= 0.6 is 0 Å². The van der Waals surface area contributed by atoms with Gasteiger partial charge in [0, 0.05) is 0 Å². The average Bonchev–Trinajstić information content (AvgIpc) is 2.36. The van der Waals surface area contributed by atoms with E-state index in [4.69, 9.17) is 0 Å². The van der Waals surface area contributed by atoms with Gasteiger partial charge in [0.15, 0.2) is 0 Å². The molecule has 0 atom stereocenters. The molecule has 0 saturated carbocycles. The van der Waals surface area contributed by atoms with Crippen molar-refractivity contribution in [1.82, 2.24) is 0 Å². The second-order valence-corrected chi connectivity index (χ2v) is 3.34. The van der Waals surface area contributed by atoms with Gasteiger partial charge in [-0.15, -0.1) is 18.5 Å². The number of hydrogen-bond donors (Lipinski definition) is 0. The smallest absolute Gasteiger partial charge is 0.658 e. The fourth-order valence-electron chi connectivity index (χ4n) is 0.936. The monoisotopic (exact) mass is 216 g/mol. The van der Waals surface area contributed by atoms with E-state index in [9.17, 15) is 0 Å². The van der Waals surface area contributed by atoms with Crippen LogP contribution in [0.2, 0.25) is 0 Å². The maximum absolute atomic E-state index is 4.28. The third kappa shape index (κ3) is 14.8. The third-order valence-corrected chi connectivity index (χ3v) is 1.18. The summed E-state index contributed by atoms with van der Waals surface area (Å²) < 4.78 is 0. The van der Waals surface area contributed by atoms with Crippen LogP contribution in [0.3, 0.4) is 0 Å². The maximum Gasteiger partial charge on any atom is 2.00 e. The Morgan fingerprint density at radius 3 is 1.77 bits per heavy atom. The zero-order valence-electron chi connectivity index (χ0n) is 8.99. The minimum atomic E-state index is 0. The Labute approximate surface area is 94.6 Å². The summed E-state index contributed by atoms with van der Waals surface area (Å²) in [5.74, 6) is 0. The van der Waals surface area contributed by atoms with E-state index in [1.165, 1.54) is 0 Å². The summed E-state index contributed by atoms with van der Waals surface area (Å²) in [7, 11) is 0. The van der Waals surface area contributed by atoms with E-state index < -0.39 is 0 Å². The molecule has 0 aliphatic heterocycles. The molecule has 0 fully saturated rings. The van der Waals surface area contributed by atoms with Gasteiger partial charge in [-0.05, 0) is 0 Å². The van der Waals surface area contributed by atoms with Crippen LogP contribution in [0.4, 0.5) is 0 Å². The first-order valence-electron chi connectivity index (χ1n) is 4.54. The van der Waals surface area contributed by atoms with Gasteiger partial charge in [-0.2, -0.15) is 6.08 Å². The summed E-state index contributed by atoms with van der Waals surface area (Å²) in [6, 6.07) is 1.000. The van der Waals surface area contributed by atoms with E-state index in [2.05, 4.69) is 45.2 Å². The van der Waals surface area contributed by atoms with Crippen LogP contribution in [0.15, 0.2) is 18.2 Å². The molecule has 1 rings (SSSR count). The number of hydrogen-bond acceptors (Lipinski definition) is 0. The van der Waals surface area contributed by atoms with E-state index >= 15 is 0 Å². The van der Waals surface area contributed by atoms with Crippen molar-refractivity contribution in [3.8, 4) is 0 Å². The normalized spacial score (nSPS) is 12.8. The van der Waals surface area contributed by atoms with Crippen molar-refractivity contribution < 1.29 is 18.6 Å². The SMILES string of the molecule is CC(C)[N-]C(C)C.[C-]1=CC=CC1.[V+2]. The zero-order valence-corrected chi connectivity index (χ0v) is 10.4. The maximum atomic E-state index is 4.28. The Morgan fingerprint density at radius 1 is 1.15 bits per heavy atom. The quantitative estimate of drug-likeness (QED) is 0.627. The van der Waals surface area contributed by atoms with Crippen molar-refractivity contribution in [2.75, 3.05) is 0 Å². The van der Waals surface area contributed by atoms with E-state index in [-0.39, 0.29) is 18.6 Å². The number of allylic oxidation sites excluding steroid dienone is 4. The molecule has 0 unspecified atom stereocenters. The molecule has 0 N–H and O–H groups in total. The fourth-order valence-corrected chi connectivity index (χ4v) is 0.936. The summed E-state index contributed by atoms with van der Waals surface area (Å²) in [4.78, 5) is 0. The zero-order chi connectivity index (χ0) is 9.40. The molecule has 0 aromatic heterocycles. The summed E-state index contributed by atoms with van der Waals surface area (Å²) in [6.45, 7) is 8.39. The Bertz CT molecular complexity index is 132. The predicted octanol–water partition coefficient (Wildman–Crippen LogP) is 3.48. The summed E-state index contributed by atoms with van der Waals surface area (Å²) >= 11 is 0. The molecule has 0 saturated heterocycles. The van der Waals surface area contributed by atoms with Crippen LogP contribution < -0.4 is 0 Å². The Hall–Kier alpha value is 0.0244. The summed E-state index contributed by atoms with van der Waals surface area (Å²) in [5.41, 5.74) is 0. The molecule has 1 nitrogen and oxygen atoms in total. The second-order valence-electron chi connectivity index (χ2n) is 3.34. The molecule has 1 aliphatic carbocycles. The molecule has 1 aliphatic rings. The van der Waals surface area contributed by atoms with Gasteiger partial charge in [0.05, 0.1) is 0 Å². The van der Waals surface area contributed by atoms with E-state index in [1.807, 2.05) is 12.2 Å². The molecule has 1 radical (unpaired) electrons. The molecular weight excluding hydrogens is 197 g/mol. The second kappa shape index (κ2) is 10.1. The van der Waals surface area contributed by atoms with E-state index in [0.717, 1.165) is 6.42 Å². The molecule has 0 heterocycles. The van der Waals surface area contributed by atoms with Gasteiger partial charge in [0.1, 0.15) is 0 Å². The van der Waals surface area contributed by atoms with Crippen molar-refractivity contribution in [2.24, 2.45) is 0 Å². The molecule has 0 amide bonds. The molecule has 0 aromatic rings. The van der Waals surface area contributed by atoms with Crippen LogP contribution in [0.1, 0.15) is 34.1 Å². The van der Waals surface area contributed by atoms with Gasteiger partial charge in [-0.25, -0.2) is 12.2 Å². The summed E-state index contributed by atoms with van der Waals surface area (Å²) in [6.07, 6.45) is 10.0. The first kappa shape index (κ1) is 15.5. The minimum Gasteiger partial charge on any atom is -0.658 e. The Kier molecular flexibility index (Phi) is 12.0. The van der Waals surface area contributed by atoms with Crippen molar-refractivity contribution >= 4 is 0 Å². The first-order valence-corrected chi connectivity index (χ1v) is 4.54. The van der Waals surface area contributed by atoms with Gasteiger partial charge in [0.2, 0.25) is 0 Å². The van der Waals surface area contributed by atoms with Crippen molar-refractivity contribution in [2.45, 2.75) is 46.2 Å². The number of nitrogens with zero attached hydrogens (tertiary/aromatic N) is 1. The first-order chi connectivity index (χ1) is 5.63. The largest absolute Gasteiger partial charge is 2.00 e. The molecular formula is C11H19NV. The van der Waals surface area contributed by atoms with Crippen LogP contribution in [0.5, 0.6) is 0 Å². The molecule has 73 valence electrons. The van der Waals surface area contributed by atoms with Crippen LogP contribution in [-0.2, 0) is 18.6 Å². The molecule has 0 spiro atoms. The fraction of sp³-hybridized carbons (Fsp3) is 0.636. The van der Waals surface area contributed by atoms with E-state index in [1.54, 1.807) is 0 Å². The minimum absolute atomic E-state index is 0. The van der Waals surface area contributed by atoms with Crippen LogP contribution in [-0.4, -0.2) is 12.1 Å². The van der Waals surface area contributed by atoms with E-state index in [0.29, 0.717) is 12.1 Å². The van der Waals surface area contributed by atoms with Gasteiger partial charge >= 0.3 is 18.6 Å². The van der Waals surface area contributed by atoms with Gasteiger partial charge in [-0.3, -0.25) is 6.08 Å². The van der Waals surface area contributed by atoms with Gasteiger partial charge < -0.3 is 5.32 Å². The Morgan fingerprint density at radius 2 is 1.69 bits per heavy atom. The van der Waals surface area contributed by atoms with Crippen LogP contribution in [0.25, 0.3) is 5.32 Å². The van der Waals surface area contributed by atoms with Crippen LogP contribution in [0, 0.1) is 6.08 Å². The standard InChI is InChI=1S/C6H14N.C5H5.V/c1-5(2)7-6(3)4;1-2-4-5-3-1;/h5-6H,1-4H3;1-3H,4H2;/q2*-1;+2. The average molecular weight is 216 g/mol. The topological polar surface area (TPSA) is 14.1 Å². The summed E-state index contributed by atoms with van der Waals surface area (Å²) in [5, 5.41) is 4.28. The predicted molar refractivity (Wildman–Crippen MR) is 55.2 cm³/mol. The van der Waals surface area contributed by atoms with Gasteiger partial charge in [0.25, 0.3) is 0 Å². The van der Waals surface area contributed by atoms with Crippen molar-refractivity contribution in [1.29, 1.82) is 0 Å². The number of rotatable bonds is 2. The molecule has 0 aromatic carbocycles. The Balaban J connectivity index is 0.